The lowest BCUT2D eigenvalue weighted by Gasteiger charge is -2.26. The van der Waals surface area contributed by atoms with Gasteiger partial charge in [0.1, 0.15) is 6.54 Å². The number of rotatable bonds is 3. The topological polar surface area (TPSA) is 38.1 Å². The second-order valence-electron chi connectivity index (χ2n) is 6.09. The molecule has 1 amide bonds. The van der Waals surface area contributed by atoms with Gasteiger partial charge in [0, 0.05) is 17.3 Å². The Hall–Kier alpha value is -2.02. The summed E-state index contributed by atoms with van der Waals surface area (Å²) in [4.78, 5) is 14.3. The van der Waals surface area contributed by atoms with Gasteiger partial charge in [0.15, 0.2) is 5.69 Å². The number of amides is 1. The number of alkyl halides is 3. The van der Waals surface area contributed by atoms with Gasteiger partial charge in [-0.1, -0.05) is 29.8 Å². The average molecular weight is 372 g/mol. The van der Waals surface area contributed by atoms with Crippen LogP contribution in [0.15, 0.2) is 30.3 Å². The molecule has 1 aliphatic heterocycles. The van der Waals surface area contributed by atoms with Gasteiger partial charge in [-0.2, -0.15) is 18.3 Å². The minimum absolute atomic E-state index is 0.154. The first-order valence-electron chi connectivity index (χ1n) is 7.93. The van der Waals surface area contributed by atoms with Crippen molar-refractivity contribution in [1.29, 1.82) is 0 Å². The molecule has 1 fully saturated rings. The van der Waals surface area contributed by atoms with E-state index in [9.17, 15) is 18.0 Å². The van der Waals surface area contributed by atoms with Crippen molar-refractivity contribution in [3.8, 4) is 0 Å². The molecule has 3 rings (SSSR count). The monoisotopic (exact) mass is 371 g/mol. The smallest absolute Gasteiger partial charge is 0.334 e. The summed E-state index contributed by atoms with van der Waals surface area (Å²) in [7, 11) is 0. The van der Waals surface area contributed by atoms with Gasteiger partial charge in [0.05, 0.1) is 6.04 Å². The van der Waals surface area contributed by atoms with Crippen molar-refractivity contribution in [3.05, 3.63) is 52.3 Å². The third-order valence-corrected chi connectivity index (χ3v) is 4.74. The molecule has 0 aliphatic carbocycles. The van der Waals surface area contributed by atoms with Crippen LogP contribution in [0.2, 0.25) is 5.02 Å². The van der Waals surface area contributed by atoms with Gasteiger partial charge in [-0.05, 0) is 37.5 Å². The first-order valence-corrected chi connectivity index (χ1v) is 8.30. The second-order valence-corrected chi connectivity index (χ2v) is 6.50. The van der Waals surface area contributed by atoms with Gasteiger partial charge in [-0.25, -0.2) is 0 Å². The van der Waals surface area contributed by atoms with E-state index in [0.29, 0.717) is 17.3 Å². The number of benzene rings is 1. The van der Waals surface area contributed by atoms with E-state index >= 15 is 0 Å². The predicted molar refractivity (Wildman–Crippen MR) is 87.1 cm³/mol. The van der Waals surface area contributed by atoms with Gasteiger partial charge < -0.3 is 4.90 Å². The SMILES string of the molecule is Cc1cc(C(F)(F)F)nn1CC(=O)N1CCC[C@H]1c1ccccc1Cl. The lowest BCUT2D eigenvalue weighted by Crippen LogP contribution is -2.34. The molecule has 1 aromatic carbocycles. The van der Waals surface area contributed by atoms with Gasteiger partial charge in [-0.3, -0.25) is 9.48 Å². The lowest BCUT2D eigenvalue weighted by molar-refractivity contribution is -0.142. The maximum atomic E-state index is 12.8. The minimum atomic E-state index is -4.52. The molecule has 1 aromatic heterocycles. The fraction of sp³-hybridized carbons (Fsp3) is 0.412. The average Bonchev–Trinajstić information content (AvgIpc) is 3.15. The third-order valence-electron chi connectivity index (χ3n) is 4.39. The number of nitrogens with zero attached hydrogens (tertiary/aromatic N) is 3. The third kappa shape index (κ3) is 3.66. The molecule has 1 saturated heterocycles. The molecule has 2 heterocycles. The summed E-state index contributed by atoms with van der Waals surface area (Å²) in [5.41, 5.74) is 0.180. The van der Waals surface area contributed by atoms with Gasteiger partial charge in [-0.15, -0.1) is 0 Å². The number of carbonyl (C=O) groups is 1. The van der Waals surface area contributed by atoms with Crippen LogP contribution in [0.3, 0.4) is 0 Å². The molecular weight excluding hydrogens is 355 g/mol. The standard InChI is InChI=1S/C17H17ClF3N3O/c1-11-9-15(17(19,20)21)22-24(11)10-16(25)23-8-4-7-14(23)12-5-2-3-6-13(12)18/h2-3,5-6,9,14H,4,7-8,10H2,1H3/t14-/m0/s1. The predicted octanol–water partition coefficient (Wildman–Crippen LogP) is 4.23. The van der Waals surface area contributed by atoms with E-state index in [0.717, 1.165) is 29.2 Å². The van der Waals surface area contributed by atoms with E-state index < -0.39 is 11.9 Å². The van der Waals surface area contributed by atoms with Crippen molar-refractivity contribution in [2.45, 2.75) is 38.5 Å². The Morgan fingerprint density at radius 1 is 1.36 bits per heavy atom. The molecule has 2 aromatic rings. The van der Waals surface area contributed by atoms with Gasteiger partial charge in [0.25, 0.3) is 0 Å². The van der Waals surface area contributed by atoms with Crippen LogP contribution in [-0.4, -0.2) is 27.1 Å². The number of likely N-dealkylation sites (tertiary alicyclic amines) is 1. The largest absolute Gasteiger partial charge is 0.435 e. The molecule has 0 unspecified atom stereocenters. The van der Waals surface area contributed by atoms with Crippen LogP contribution < -0.4 is 0 Å². The highest BCUT2D eigenvalue weighted by atomic mass is 35.5. The molecule has 8 heteroatoms. The van der Waals surface area contributed by atoms with Crippen molar-refractivity contribution in [1.82, 2.24) is 14.7 Å². The molecule has 0 bridgehead atoms. The number of carbonyl (C=O) groups excluding carboxylic acids is 1. The molecule has 0 radical (unpaired) electrons. The Labute approximate surface area is 148 Å². The van der Waals surface area contributed by atoms with Crippen LogP contribution >= 0.6 is 11.6 Å². The van der Waals surface area contributed by atoms with E-state index in [1.807, 2.05) is 18.2 Å². The van der Waals surface area contributed by atoms with Crippen molar-refractivity contribution < 1.29 is 18.0 Å². The van der Waals surface area contributed by atoms with E-state index in [4.69, 9.17) is 11.6 Å². The van der Waals surface area contributed by atoms with Crippen molar-refractivity contribution in [3.63, 3.8) is 0 Å². The summed E-state index contributed by atoms with van der Waals surface area (Å²) in [5.74, 6) is -0.262. The van der Waals surface area contributed by atoms with Crippen LogP contribution in [0, 0.1) is 6.92 Å². The minimum Gasteiger partial charge on any atom is -0.334 e. The Balaban J connectivity index is 1.79. The van der Waals surface area contributed by atoms with Gasteiger partial charge in [0.2, 0.25) is 5.91 Å². The summed E-state index contributed by atoms with van der Waals surface area (Å²) < 4.78 is 39.4. The zero-order valence-corrected chi connectivity index (χ0v) is 14.3. The molecule has 0 saturated carbocycles. The summed E-state index contributed by atoms with van der Waals surface area (Å²) in [5, 5.41) is 4.11. The van der Waals surface area contributed by atoms with Crippen LogP contribution in [0.4, 0.5) is 13.2 Å². The Bertz CT molecular complexity index is 788. The molecule has 0 N–H and O–H groups in total. The highest BCUT2D eigenvalue weighted by molar-refractivity contribution is 6.31. The first kappa shape index (κ1) is 17.8. The highest BCUT2D eigenvalue weighted by Crippen LogP contribution is 2.36. The normalized spacial score (nSPS) is 18.0. The molecule has 25 heavy (non-hydrogen) atoms. The summed E-state index contributed by atoms with van der Waals surface area (Å²) in [6.45, 7) is 1.84. The van der Waals surface area contributed by atoms with E-state index in [1.165, 1.54) is 6.92 Å². The molecular formula is C17H17ClF3N3O. The molecule has 4 nitrogen and oxygen atoms in total. The summed E-state index contributed by atoms with van der Waals surface area (Å²) >= 11 is 6.23. The number of aromatic nitrogens is 2. The molecule has 1 aliphatic rings. The lowest BCUT2D eigenvalue weighted by atomic mass is 10.0. The zero-order chi connectivity index (χ0) is 18.2. The van der Waals surface area contributed by atoms with Crippen molar-refractivity contribution >= 4 is 17.5 Å². The maximum absolute atomic E-state index is 12.8. The van der Waals surface area contributed by atoms with Crippen LogP contribution in [0.1, 0.15) is 35.8 Å². The van der Waals surface area contributed by atoms with Crippen molar-refractivity contribution in [2.75, 3.05) is 6.54 Å². The second kappa shape index (κ2) is 6.71. The molecule has 0 spiro atoms. The number of aryl methyl sites for hydroxylation is 1. The number of hydrogen-bond donors (Lipinski definition) is 0. The molecule has 1 atom stereocenters. The number of hydrogen-bond acceptors (Lipinski definition) is 2. The quantitative estimate of drug-likeness (QED) is 0.810. The van der Waals surface area contributed by atoms with Gasteiger partial charge >= 0.3 is 6.18 Å². The number of halogens is 4. The van der Waals surface area contributed by atoms with E-state index in [2.05, 4.69) is 5.10 Å². The van der Waals surface area contributed by atoms with Crippen molar-refractivity contribution in [2.24, 2.45) is 0 Å². The Morgan fingerprint density at radius 3 is 2.72 bits per heavy atom. The van der Waals surface area contributed by atoms with E-state index in [1.54, 1.807) is 11.0 Å². The maximum Gasteiger partial charge on any atom is 0.435 e. The van der Waals surface area contributed by atoms with E-state index in [-0.39, 0.29) is 18.5 Å². The highest BCUT2D eigenvalue weighted by Gasteiger charge is 2.35. The fourth-order valence-electron chi connectivity index (χ4n) is 3.16. The van der Waals surface area contributed by atoms with Crippen LogP contribution in [0.5, 0.6) is 0 Å². The van der Waals surface area contributed by atoms with Crippen LogP contribution in [0.25, 0.3) is 0 Å². The summed E-state index contributed by atoms with van der Waals surface area (Å²) in [6.07, 6.45) is -2.91. The molecule has 134 valence electrons. The Kier molecular flexibility index (Phi) is 4.77. The fourth-order valence-corrected chi connectivity index (χ4v) is 3.42. The zero-order valence-electron chi connectivity index (χ0n) is 13.6. The Morgan fingerprint density at radius 2 is 2.08 bits per heavy atom. The summed E-state index contributed by atoms with van der Waals surface area (Å²) in [6, 6.07) is 8.11. The van der Waals surface area contributed by atoms with Crippen LogP contribution in [-0.2, 0) is 17.5 Å². The first-order chi connectivity index (χ1) is 11.8.